The largest absolute Gasteiger partial charge is 0.326 e. The Morgan fingerprint density at radius 2 is 1.76 bits per heavy atom. The van der Waals surface area contributed by atoms with Crippen molar-refractivity contribution in [3.05, 3.63) is 65.4 Å². The van der Waals surface area contributed by atoms with E-state index in [2.05, 4.69) is 48.6 Å². The van der Waals surface area contributed by atoms with E-state index in [-0.39, 0.29) is 11.7 Å². The molecule has 0 amide bonds. The zero-order valence-electron chi connectivity index (χ0n) is 22.8. The van der Waals surface area contributed by atoms with Gasteiger partial charge in [-0.15, -0.1) is 0 Å². The van der Waals surface area contributed by atoms with Gasteiger partial charge in [0.2, 0.25) is 5.95 Å². The minimum Gasteiger partial charge on any atom is -0.326 e. The second kappa shape index (κ2) is 11.9. The first-order valence-corrected chi connectivity index (χ1v) is 13.0. The van der Waals surface area contributed by atoms with Crippen molar-refractivity contribution in [2.45, 2.75) is 47.2 Å². The lowest BCUT2D eigenvalue weighted by molar-refractivity contribution is 0.132. The first-order valence-electron chi connectivity index (χ1n) is 13.0. The van der Waals surface area contributed by atoms with Gasteiger partial charge in [0.1, 0.15) is 29.0 Å². The monoisotopic (exact) mass is 522 g/mol. The van der Waals surface area contributed by atoms with Crippen molar-refractivity contribution in [2.24, 2.45) is 0 Å². The Kier molecular flexibility index (Phi) is 8.63. The van der Waals surface area contributed by atoms with E-state index in [1.54, 1.807) is 31.5 Å². The minimum atomic E-state index is -0.632. The Morgan fingerprint density at radius 1 is 1.11 bits per heavy atom. The standard InChI is InChI=1S/C28H36F2N8/c1-7-36-8-10-37(11-9-36)17-22-14-32-28(33-15-22)35-26-13-23(24(30)16-31-26)19(4)12-25-27(20(5)29)34-21(6)38(25)18(2)3/h12-16,18H,5,7-11,17H2,1-4,6H3,(H,31,32,33,35)/b19-12+. The Bertz CT molecular complexity index is 1310. The number of nitrogens with one attached hydrogen (secondary N) is 1. The molecule has 0 spiro atoms. The first kappa shape index (κ1) is 27.5. The lowest BCUT2D eigenvalue weighted by Gasteiger charge is -2.33. The number of imidazole rings is 1. The van der Waals surface area contributed by atoms with E-state index in [9.17, 15) is 8.78 Å². The number of nitrogens with zero attached hydrogens (tertiary/aromatic N) is 7. The first-order chi connectivity index (χ1) is 18.2. The fraction of sp³-hybridized carbons (Fsp3) is 0.429. The molecule has 1 aliphatic heterocycles. The highest BCUT2D eigenvalue weighted by Crippen LogP contribution is 2.29. The van der Waals surface area contributed by atoms with E-state index in [1.165, 1.54) is 0 Å². The average Bonchev–Trinajstić information content (AvgIpc) is 3.22. The van der Waals surface area contributed by atoms with Gasteiger partial charge < -0.3 is 14.8 Å². The van der Waals surface area contributed by atoms with Gasteiger partial charge in [0, 0.05) is 62.3 Å². The Hall–Kier alpha value is -3.50. The van der Waals surface area contributed by atoms with Gasteiger partial charge in [-0.25, -0.2) is 28.7 Å². The van der Waals surface area contributed by atoms with Crippen LogP contribution < -0.4 is 5.32 Å². The molecule has 1 saturated heterocycles. The maximum absolute atomic E-state index is 14.8. The third-order valence-corrected chi connectivity index (χ3v) is 6.79. The topological polar surface area (TPSA) is 75.0 Å². The van der Waals surface area contributed by atoms with Gasteiger partial charge in [0.05, 0.1) is 11.9 Å². The molecule has 0 aliphatic carbocycles. The van der Waals surface area contributed by atoms with E-state index in [0.29, 0.717) is 34.4 Å². The molecule has 0 bridgehead atoms. The van der Waals surface area contributed by atoms with Gasteiger partial charge in [-0.1, -0.05) is 13.5 Å². The summed E-state index contributed by atoms with van der Waals surface area (Å²) in [7, 11) is 0. The second-order valence-electron chi connectivity index (χ2n) is 9.89. The molecule has 0 radical (unpaired) electrons. The number of aromatic nitrogens is 5. The number of hydrogen-bond donors (Lipinski definition) is 1. The third-order valence-electron chi connectivity index (χ3n) is 6.79. The molecule has 0 atom stereocenters. The molecule has 0 unspecified atom stereocenters. The molecule has 4 heterocycles. The van der Waals surface area contributed by atoms with Gasteiger partial charge in [-0.05, 0) is 52.0 Å². The fourth-order valence-corrected chi connectivity index (χ4v) is 4.78. The molecule has 10 heteroatoms. The zero-order valence-corrected chi connectivity index (χ0v) is 22.8. The van der Waals surface area contributed by atoms with Crippen LogP contribution >= 0.6 is 0 Å². The van der Waals surface area contributed by atoms with Crippen LogP contribution in [0.4, 0.5) is 20.5 Å². The normalized spacial score (nSPS) is 15.3. The van der Waals surface area contributed by atoms with Crippen LogP contribution in [0.1, 0.15) is 62.1 Å². The van der Waals surface area contributed by atoms with Crippen molar-refractivity contribution in [2.75, 3.05) is 38.0 Å². The van der Waals surface area contributed by atoms with Gasteiger partial charge in [-0.3, -0.25) is 4.90 Å². The number of halogens is 2. The molecule has 3 aromatic heterocycles. The highest BCUT2D eigenvalue weighted by atomic mass is 19.1. The van der Waals surface area contributed by atoms with E-state index in [4.69, 9.17) is 0 Å². The number of anilines is 2. The molecule has 1 N–H and O–H groups in total. The summed E-state index contributed by atoms with van der Waals surface area (Å²) in [6.07, 6.45) is 6.49. The van der Waals surface area contributed by atoms with Crippen LogP contribution in [0.25, 0.3) is 17.5 Å². The zero-order chi connectivity index (χ0) is 27.4. The van der Waals surface area contributed by atoms with Crippen LogP contribution in [-0.4, -0.2) is 67.0 Å². The molecule has 202 valence electrons. The lowest BCUT2D eigenvalue weighted by atomic mass is 10.1. The van der Waals surface area contributed by atoms with Gasteiger partial charge in [-0.2, -0.15) is 0 Å². The predicted molar refractivity (Wildman–Crippen MR) is 148 cm³/mol. The number of pyridine rings is 1. The smallest absolute Gasteiger partial charge is 0.228 e. The molecule has 8 nitrogen and oxygen atoms in total. The van der Waals surface area contributed by atoms with Crippen molar-refractivity contribution < 1.29 is 8.78 Å². The second-order valence-corrected chi connectivity index (χ2v) is 9.89. The van der Waals surface area contributed by atoms with Crippen molar-refractivity contribution >= 4 is 29.2 Å². The lowest BCUT2D eigenvalue weighted by Crippen LogP contribution is -2.45. The summed E-state index contributed by atoms with van der Waals surface area (Å²) in [5.74, 6) is 0.320. The van der Waals surface area contributed by atoms with Crippen molar-refractivity contribution in [1.82, 2.24) is 34.3 Å². The van der Waals surface area contributed by atoms with Gasteiger partial charge in [0.25, 0.3) is 0 Å². The van der Waals surface area contributed by atoms with Crippen molar-refractivity contribution in [3.63, 3.8) is 0 Å². The fourth-order valence-electron chi connectivity index (χ4n) is 4.78. The van der Waals surface area contributed by atoms with E-state index < -0.39 is 11.6 Å². The summed E-state index contributed by atoms with van der Waals surface area (Å²) in [4.78, 5) is 22.2. The molecule has 3 aromatic rings. The summed E-state index contributed by atoms with van der Waals surface area (Å²) in [5.41, 5.74) is 2.66. The molecule has 38 heavy (non-hydrogen) atoms. The average molecular weight is 523 g/mol. The van der Waals surface area contributed by atoms with Gasteiger partial charge in [0.15, 0.2) is 0 Å². The van der Waals surface area contributed by atoms with Crippen LogP contribution in [0.15, 0.2) is 31.2 Å². The minimum absolute atomic E-state index is 0.0373. The number of likely N-dealkylation sites (N-methyl/N-ethyl adjacent to an activating group) is 1. The summed E-state index contributed by atoms with van der Waals surface area (Å²) in [6.45, 7) is 19.3. The number of rotatable bonds is 9. The maximum atomic E-state index is 14.8. The quantitative estimate of drug-likeness (QED) is 0.399. The van der Waals surface area contributed by atoms with Crippen LogP contribution in [-0.2, 0) is 6.54 Å². The number of aryl methyl sites for hydroxylation is 1. The Morgan fingerprint density at radius 3 is 2.37 bits per heavy atom. The maximum Gasteiger partial charge on any atom is 0.228 e. The Balaban J connectivity index is 1.51. The van der Waals surface area contributed by atoms with Crippen LogP contribution in [0.5, 0.6) is 0 Å². The van der Waals surface area contributed by atoms with E-state index in [1.807, 2.05) is 25.3 Å². The highest BCUT2D eigenvalue weighted by molar-refractivity contribution is 5.83. The Labute approximate surface area is 223 Å². The highest BCUT2D eigenvalue weighted by Gasteiger charge is 2.19. The molecule has 0 aromatic carbocycles. The summed E-state index contributed by atoms with van der Waals surface area (Å²) < 4.78 is 30.9. The predicted octanol–water partition coefficient (Wildman–Crippen LogP) is 5.48. The molecular weight excluding hydrogens is 486 g/mol. The van der Waals surface area contributed by atoms with E-state index >= 15 is 0 Å². The number of allylic oxidation sites excluding steroid dienone is 1. The summed E-state index contributed by atoms with van der Waals surface area (Å²) >= 11 is 0. The summed E-state index contributed by atoms with van der Waals surface area (Å²) in [6, 6.07) is 1.63. The third kappa shape index (κ3) is 6.31. The van der Waals surface area contributed by atoms with Crippen LogP contribution in [0, 0.1) is 12.7 Å². The summed E-state index contributed by atoms with van der Waals surface area (Å²) in [5, 5.41) is 3.06. The molecule has 1 fully saturated rings. The van der Waals surface area contributed by atoms with Crippen molar-refractivity contribution in [1.29, 1.82) is 0 Å². The van der Waals surface area contributed by atoms with Crippen molar-refractivity contribution in [3.8, 4) is 0 Å². The van der Waals surface area contributed by atoms with E-state index in [0.717, 1.165) is 51.0 Å². The SMILES string of the molecule is C=C(F)c1nc(C)n(C(C)C)c1/C=C(\C)c1cc(Nc2ncc(CN3CCN(CC)CC3)cn2)ncc1F. The molecule has 4 rings (SSSR count). The van der Waals surface area contributed by atoms with Crippen LogP contribution in [0.3, 0.4) is 0 Å². The van der Waals surface area contributed by atoms with Crippen LogP contribution in [0.2, 0.25) is 0 Å². The molecule has 0 saturated carbocycles. The van der Waals surface area contributed by atoms with Gasteiger partial charge >= 0.3 is 0 Å². The molecular formula is C28H36F2N8. The number of piperazine rings is 1. The number of hydrogen-bond acceptors (Lipinski definition) is 7. The molecule has 1 aliphatic rings.